The average molecular weight is 331 g/mol. The smallest absolute Gasteiger partial charge is 0.237 e. The number of para-hydroxylation sites is 1. The highest BCUT2D eigenvalue weighted by Gasteiger charge is 2.34. The van der Waals surface area contributed by atoms with Crippen molar-refractivity contribution >= 4 is 27.5 Å². The summed E-state index contributed by atoms with van der Waals surface area (Å²) in [5, 5.41) is 4.21. The van der Waals surface area contributed by atoms with E-state index in [0.717, 1.165) is 36.5 Å². The van der Waals surface area contributed by atoms with Gasteiger partial charge >= 0.3 is 0 Å². The summed E-state index contributed by atoms with van der Waals surface area (Å²) in [4.78, 5) is 19.5. The predicted molar refractivity (Wildman–Crippen MR) is 95.6 cm³/mol. The molecule has 0 aliphatic carbocycles. The number of hydrogen-bond acceptors (Lipinski definition) is 4. The molecule has 2 heterocycles. The van der Waals surface area contributed by atoms with Gasteiger partial charge in [0.05, 0.1) is 22.3 Å². The van der Waals surface area contributed by atoms with Gasteiger partial charge in [0.15, 0.2) is 0 Å². The molecule has 1 aliphatic rings. The minimum atomic E-state index is -0.103. The van der Waals surface area contributed by atoms with Crippen LogP contribution in [0.1, 0.15) is 44.7 Å². The first-order valence-electron chi connectivity index (χ1n) is 8.45. The highest BCUT2D eigenvalue weighted by Crippen LogP contribution is 2.37. The standard InChI is InChI=1S/C18H25N3OS/c1-12(2)11-19-17(22)13(3)21-10-6-8-15(21)18-20-14-7-4-5-9-16(14)23-18/h4-5,7,9,12-13,15H,6,8,10-11H2,1-3H3,(H,19,22). The van der Waals surface area contributed by atoms with Gasteiger partial charge in [0.1, 0.15) is 5.01 Å². The van der Waals surface area contributed by atoms with Gasteiger partial charge in [0.2, 0.25) is 5.91 Å². The monoisotopic (exact) mass is 331 g/mol. The fraction of sp³-hybridized carbons (Fsp3) is 0.556. The number of amides is 1. The zero-order chi connectivity index (χ0) is 16.4. The summed E-state index contributed by atoms with van der Waals surface area (Å²) in [6.45, 7) is 7.95. The number of fused-ring (bicyclic) bond motifs is 1. The summed E-state index contributed by atoms with van der Waals surface area (Å²) in [5.41, 5.74) is 1.07. The average Bonchev–Trinajstić information content (AvgIpc) is 3.17. The molecule has 124 valence electrons. The van der Waals surface area contributed by atoms with Crippen molar-refractivity contribution in [1.82, 2.24) is 15.2 Å². The van der Waals surface area contributed by atoms with E-state index in [2.05, 4.69) is 42.3 Å². The molecule has 0 bridgehead atoms. The molecule has 4 nitrogen and oxygen atoms in total. The van der Waals surface area contributed by atoms with Crippen molar-refractivity contribution in [3.63, 3.8) is 0 Å². The molecule has 1 amide bonds. The van der Waals surface area contributed by atoms with Crippen LogP contribution in [0.3, 0.4) is 0 Å². The lowest BCUT2D eigenvalue weighted by Gasteiger charge is -2.28. The first-order chi connectivity index (χ1) is 11.1. The van der Waals surface area contributed by atoms with E-state index in [9.17, 15) is 4.79 Å². The summed E-state index contributed by atoms with van der Waals surface area (Å²) in [7, 11) is 0. The molecule has 2 aromatic rings. The second-order valence-corrected chi connectivity index (χ2v) is 7.79. The van der Waals surface area contributed by atoms with Crippen LogP contribution < -0.4 is 5.32 Å². The summed E-state index contributed by atoms with van der Waals surface area (Å²) in [5.74, 6) is 0.608. The minimum Gasteiger partial charge on any atom is -0.354 e. The van der Waals surface area contributed by atoms with E-state index in [0.29, 0.717) is 5.92 Å². The Bertz CT molecular complexity index is 649. The van der Waals surface area contributed by atoms with Crippen LogP contribution in [-0.2, 0) is 4.79 Å². The van der Waals surface area contributed by atoms with Crippen LogP contribution in [-0.4, -0.2) is 34.9 Å². The van der Waals surface area contributed by atoms with Gasteiger partial charge < -0.3 is 5.32 Å². The van der Waals surface area contributed by atoms with E-state index in [1.54, 1.807) is 11.3 Å². The Kier molecular flexibility index (Phi) is 4.97. The zero-order valence-electron chi connectivity index (χ0n) is 14.1. The van der Waals surface area contributed by atoms with Crippen LogP contribution >= 0.6 is 11.3 Å². The lowest BCUT2D eigenvalue weighted by molar-refractivity contribution is -0.126. The number of thiazole rings is 1. The summed E-state index contributed by atoms with van der Waals surface area (Å²) >= 11 is 1.76. The molecule has 2 unspecified atom stereocenters. The van der Waals surface area contributed by atoms with Gasteiger partial charge in [-0.25, -0.2) is 4.98 Å². The number of carbonyl (C=O) groups excluding carboxylic acids is 1. The number of nitrogens with one attached hydrogen (secondary N) is 1. The maximum Gasteiger partial charge on any atom is 0.237 e. The van der Waals surface area contributed by atoms with E-state index in [1.807, 2.05) is 13.0 Å². The third-order valence-corrected chi connectivity index (χ3v) is 5.59. The van der Waals surface area contributed by atoms with Gasteiger partial charge in [-0.15, -0.1) is 11.3 Å². The molecule has 2 atom stereocenters. The number of benzene rings is 1. The molecular formula is C18H25N3OS. The summed E-state index contributed by atoms with van der Waals surface area (Å²) < 4.78 is 1.23. The molecule has 3 rings (SSSR count). The van der Waals surface area contributed by atoms with Gasteiger partial charge in [-0.2, -0.15) is 0 Å². The van der Waals surface area contributed by atoms with Crippen molar-refractivity contribution in [3.8, 4) is 0 Å². The van der Waals surface area contributed by atoms with Crippen molar-refractivity contribution in [2.75, 3.05) is 13.1 Å². The third-order valence-electron chi connectivity index (χ3n) is 4.45. The first-order valence-corrected chi connectivity index (χ1v) is 9.27. The van der Waals surface area contributed by atoms with E-state index in [-0.39, 0.29) is 18.0 Å². The van der Waals surface area contributed by atoms with Crippen LogP contribution in [0, 0.1) is 5.92 Å². The molecule has 5 heteroatoms. The molecule has 1 saturated heterocycles. The SMILES string of the molecule is CC(C)CNC(=O)C(C)N1CCCC1c1nc2ccccc2s1. The Labute approximate surface area is 141 Å². The summed E-state index contributed by atoms with van der Waals surface area (Å²) in [6.07, 6.45) is 2.21. The first kappa shape index (κ1) is 16.4. The Morgan fingerprint density at radius 2 is 2.17 bits per heavy atom. The zero-order valence-corrected chi connectivity index (χ0v) is 14.9. The van der Waals surface area contributed by atoms with Crippen molar-refractivity contribution < 1.29 is 4.79 Å². The van der Waals surface area contributed by atoms with Gasteiger partial charge in [0, 0.05) is 6.54 Å². The molecule has 1 aliphatic heterocycles. The van der Waals surface area contributed by atoms with Crippen molar-refractivity contribution in [2.24, 2.45) is 5.92 Å². The van der Waals surface area contributed by atoms with E-state index < -0.39 is 0 Å². The molecule has 0 radical (unpaired) electrons. The molecule has 1 N–H and O–H groups in total. The number of nitrogens with zero attached hydrogens (tertiary/aromatic N) is 2. The van der Waals surface area contributed by atoms with Gasteiger partial charge in [-0.1, -0.05) is 26.0 Å². The Hall–Kier alpha value is -1.46. The Morgan fingerprint density at radius 1 is 1.39 bits per heavy atom. The minimum absolute atomic E-state index is 0.103. The molecule has 0 saturated carbocycles. The lowest BCUT2D eigenvalue weighted by Crippen LogP contribution is -2.45. The van der Waals surface area contributed by atoms with Crippen molar-refractivity contribution in [3.05, 3.63) is 29.3 Å². The number of rotatable bonds is 5. The second-order valence-electron chi connectivity index (χ2n) is 6.73. The van der Waals surface area contributed by atoms with E-state index in [1.165, 1.54) is 4.70 Å². The van der Waals surface area contributed by atoms with Gasteiger partial charge in [-0.05, 0) is 44.4 Å². The quantitative estimate of drug-likeness (QED) is 0.910. The van der Waals surface area contributed by atoms with Gasteiger partial charge in [0.25, 0.3) is 0 Å². The molecule has 1 fully saturated rings. The fourth-order valence-electron chi connectivity index (χ4n) is 3.15. The van der Waals surface area contributed by atoms with Crippen LogP contribution in [0.4, 0.5) is 0 Å². The number of likely N-dealkylation sites (tertiary alicyclic amines) is 1. The largest absolute Gasteiger partial charge is 0.354 e. The highest BCUT2D eigenvalue weighted by molar-refractivity contribution is 7.18. The molecule has 1 aromatic carbocycles. The molecule has 0 spiro atoms. The highest BCUT2D eigenvalue weighted by atomic mass is 32.1. The maximum atomic E-state index is 12.4. The second kappa shape index (κ2) is 6.97. The fourth-order valence-corrected chi connectivity index (χ4v) is 4.28. The normalized spacial score (nSPS) is 20.3. The van der Waals surface area contributed by atoms with Crippen LogP contribution in [0.2, 0.25) is 0 Å². The lowest BCUT2D eigenvalue weighted by atomic mass is 10.2. The topological polar surface area (TPSA) is 45.2 Å². The van der Waals surface area contributed by atoms with Gasteiger partial charge in [-0.3, -0.25) is 9.69 Å². The van der Waals surface area contributed by atoms with Crippen molar-refractivity contribution in [1.29, 1.82) is 0 Å². The predicted octanol–water partition coefficient (Wildman–Crippen LogP) is 3.59. The number of aromatic nitrogens is 1. The van der Waals surface area contributed by atoms with Crippen molar-refractivity contribution in [2.45, 2.75) is 45.7 Å². The van der Waals surface area contributed by atoms with E-state index in [4.69, 9.17) is 4.98 Å². The molecular weight excluding hydrogens is 306 g/mol. The number of hydrogen-bond donors (Lipinski definition) is 1. The van der Waals surface area contributed by atoms with Crippen LogP contribution in [0.25, 0.3) is 10.2 Å². The third kappa shape index (κ3) is 3.56. The molecule has 1 aromatic heterocycles. The Morgan fingerprint density at radius 3 is 2.91 bits per heavy atom. The maximum absolute atomic E-state index is 12.4. The molecule has 23 heavy (non-hydrogen) atoms. The van der Waals surface area contributed by atoms with Crippen LogP contribution in [0.5, 0.6) is 0 Å². The van der Waals surface area contributed by atoms with Crippen LogP contribution in [0.15, 0.2) is 24.3 Å². The summed E-state index contributed by atoms with van der Waals surface area (Å²) in [6, 6.07) is 8.43. The Balaban J connectivity index is 1.75. The van der Waals surface area contributed by atoms with E-state index >= 15 is 0 Å². The number of carbonyl (C=O) groups is 1.